The molecule has 5 nitrogen and oxygen atoms in total. The van der Waals surface area contributed by atoms with Crippen LogP contribution in [0.4, 0.5) is 0 Å². The van der Waals surface area contributed by atoms with Crippen LogP contribution in [0.3, 0.4) is 0 Å². The molecule has 0 aromatic heterocycles. The number of rotatable bonds is 5. The maximum atomic E-state index is 12.4. The van der Waals surface area contributed by atoms with E-state index in [-0.39, 0.29) is 12.0 Å². The topological polar surface area (TPSA) is 56.8 Å². The number of benzene rings is 1. The molecule has 1 N–H and O–H groups in total. The summed E-state index contributed by atoms with van der Waals surface area (Å²) in [5, 5.41) is 3.50. The highest BCUT2D eigenvalue weighted by Crippen LogP contribution is 2.39. The highest BCUT2D eigenvalue weighted by molar-refractivity contribution is 5.89. The Labute approximate surface area is 143 Å². The molecule has 1 saturated heterocycles. The molecule has 0 amide bonds. The third-order valence-electron chi connectivity index (χ3n) is 4.59. The summed E-state index contributed by atoms with van der Waals surface area (Å²) in [4.78, 5) is 12.4. The maximum absolute atomic E-state index is 12.4. The summed E-state index contributed by atoms with van der Waals surface area (Å²) in [5.41, 5.74) is 2.77. The third kappa shape index (κ3) is 3.62. The first-order chi connectivity index (χ1) is 11.6. The van der Waals surface area contributed by atoms with E-state index in [2.05, 4.69) is 24.4 Å². The molecule has 0 saturated carbocycles. The van der Waals surface area contributed by atoms with Crippen LogP contribution in [0, 0.1) is 0 Å². The van der Waals surface area contributed by atoms with Crippen LogP contribution >= 0.6 is 0 Å². The molecular formula is C19H25NO4. The summed E-state index contributed by atoms with van der Waals surface area (Å²) < 4.78 is 16.8. The molecular weight excluding hydrogens is 306 g/mol. The van der Waals surface area contributed by atoms with Crippen LogP contribution in [-0.4, -0.2) is 31.6 Å². The van der Waals surface area contributed by atoms with E-state index >= 15 is 0 Å². The van der Waals surface area contributed by atoms with E-state index in [1.54, 1.807) is 0 Å². The lowest BCUT2D eigenvalue weighted by atomic mass is 9.90. The zero-order valence-corrected chi connectivity index (χ0v) is 14.3. The van der Waals surface area contributed by atoms with Crippen molar-refractivity contribution >= 4 is 5.97 Å². The highest BCUT2D eigenvalue weighted by atomic mass is 16.7. The van der Waals surface area contributed by atoms with Gasteiger partial charge >= 0.3 is 5.97 Å². The molecule has 0 bridgehead atoms. The fourth-order valence-corrected chi connectivity index (χ4v) is 3.33. The van der Waals surface area contributed by atoms with Crippen LogP contribution in [-0.2, 0) is 19.0 Å². The second kappa shape index (κ2) is 7.36. The quantitative estimate of drug-likeness (QED) is 0.840. The van der Waals surface area contributed by atoms with E-state index in [4.69, 9.17) is 14.2 Å². The lowest BCUT2D eigenvalue weighted by Crippen LogP contribution is -2.38. The minimum absolute atomic E-state index is 0.116. The lowest BCUT2D eigenvalue weighted by molar-refractivity contribution is -0.168. The van der Waals surface area contributed by atoms with Crippen molar-refractivity contribution in [1.29, 1.82) is 0 Å². The molecule has 1 heterocycles. The number of allylic oxidation sites excluding steroid dienone is 1. The summed E-state index contributed by atoms with van der Waals surface area (Å²) in [7, 11) is 0. The van der Waals surface area contributed by atoms with Crippen molar-refractivity contribution in [2.24, 2.45) is 0 Å². The number of ether oxygens (including phenoxy) is 3. The monoisotopic (exact) mass is 331 g/mol. The number of hydrogen-bond donors (Lipinski definition) is 1. The summed E-state index contributed by atoms with van der Waals surface area (Å²) in [5.74, 6) is -0.929. The Kier molecular flexibility index (Phi) is 5.21. The van der Waals surface area contributed by atoms with E-state index in [0.717, 1.165) is 12.1 Å². The van der Waals surface area contributed by atoms with Crippen LogP contribution in [0.1, 0.15) is 44.7 Å². The molecule has 130 valence electrons. The Balaban J connectivity index is 1.82. The third-order valence-corrected chi connectivity index (χ3v) is 4.59. The van der Waals surface area contributed by atoms with Gasteiger partial charge < -0.3 is 19.5 Å². The smallest absolute Gasteiger partial charge is 0.335 e. The summed E-state index contributed by atoms with van der Waals surface area (Å²) in [6, 6.07) is 10.3. The Morgan fingerprint density at radius 1 is 1.29 bits per heavy atom. The van der Waals surface area contributed by atoms with E-state index in [9.17, 15) is 4.79 Å². The van der Waals surface area contributed by atoms with Crippen molar-refractivity contribution in [1.82, 2.24) is 5.32 Å². The minimum atomic E-state index is -0.650. The van der Waals surface area contributed by atoms with E-state index in [1.165, 1.54) is 5.56 Å². The van der Waals surface area contributed by atoms with Gasteiger partial charge in [-0.3, -0.25) is 0 Å². The molecule has 0 radical (unpaired) electrons. The predicted octanol–water partition coefficient (Wildman–Crippen LogP) is 3.08. The van der Waals surface area contributed by atoms with Gasteiger partial charge in [-0.25, -0.2) is 4.79 Å². The SMILES string of the molecule is CCOC(=O)C1=C(N[C@@H](C)c2ccccc2)CCC2(C1)OCCO2. The van der Waals surface area contributed by atoms with Crippen molar-refractivity contribution in [3.63, 3.8) is 0 Å². The average molecular weight is 331 g/mol. The zero-order chi connectivity index (χ0) is 17.0. The first kappa shape index (κ1) is 17.0. The van der Waals surface area contributed by atoms with Gasteiger partial charge in [-0.2, -0.15) is 0 Å². The van der Waals surface area contributed by atoms with E-state index in [0.29, 0.717) is 38.2 Å². The molecule has 1 aromatic rings. The van der Waals surface area contributed by atoms with Gasteiger partial charge in [0.15, 0.2) is 5.79 Å². The predicted molar refractivity (Wildman–Crippen MR) is 90.1 cm³/mol. The van der Waals surface area contributed by atoms with Gasteiger partial charge in [0.2, 0.25) is 0 Å². The summed E-state index contributed by atoms with van der Waals surface area (Å²) in [6.07, 6.45) is 1.90. The molecule has 1 fully saturated rings. The van der Waals surface area contributed by atoms with Crippen molar-refractivity contribution in [3.05, 3.63) is 47.2 Å². The first-order valence-corrected chi connectivity index (χ1v) is 8.62. The number of carbonyl (C=O) groups excluding carboxylic acids is 1. The normalized spacial score (nSPS) is 20.9. The number of esters is 1. The zero-order valence-electron chi connectivity index (χ0n) is 14.3. The second-order valence-corrected chi connectivity index (χ2v) is 6.24. The molecule has 0 unspecified atom stereocenters. The molecule has 1 aliphatic heterocycles. The van der Waals surface area contributed by atoms with Crippen molar-refractivity contribution in [3.8, 4) is 0 Å². The summed E-state index contributed by atoms with van der Waals surface area (Å²) in [6.45, 7) is 5.44. The minimum Gasteiger partial charge on any atom is -0.463 e. The standard InChI is InChI=1S/C19H25NO4/c1-3-22-18(21)16-13-19(23-11-12-24-19)10-9-17(16)20-14(2)15-7-5-4-6-8-15/h4-8,14,20H,3,9-13H2,1-2H3/t14-/m0/s1. The molecule has 3 rings (SSSR count). The molecule has 24 heavy (non-hydrogen) atoms. The largest absolute Gasteiger partial charge is 0.463 e. The van der Waals surface area contributed by atoms with Gasteiger partial charge in [0.05, 0.1) is 25.4 Å². The molecule has 1 aliphatic carbocycles. The number of carbonyl (C=O) groups is 1. The molecule has 5 heteroatoms. The Hall–Kier alpha value is -1.85. The van der Waals surface area contributed by atoms with E-state index < -0.39 is 5.79 Å². The second-order valence-electron chi connectivity index (χ2n) is 6.24. The van der Waals surface area contributed by atoms with Crippen LogP contribution in [0.2, 0.25) is 0 Å². The van der Waals surface area contributed by atoms with Gasteiger partial charge in [0, 0.05) is 24.6 Å². The van der Waals surface area contributed by atoms with Crippen LogP contribution < -0.4 is 5.32 Å². The molecule has 1 spiro atoms. The lowest BCUT2D eigenvalue weighted by Gasteiger charge is -2.34. The fourth-order valence-electron chi connectivity index (χ4n) is 3.33. The first-order valence-electron chi connectivity index (χ1n) is 8.62. The maximum Gasteiger partial charge on any atom is 0.335 e. The highest BCUT2D eigenvalue weighted by Gasteiger charge is 2.43. The van der Waals surface area contributed by atoms with Crippen LogP contribution in [0.5, 0.6) is 0 Å². The van der Waals surface area contributed by atoms with Crippen LogP contribution in [0.25, 0.3) is 0 Å². The van der Waals surface area contributed by atoms with Gasteiger partial charge in [0.1, 0.15) is 0 Å². The fraction of sp³-hybridized carbons (Fsp3) is 0.526. The number of nitrogens with one attached hydrogen (secondary N) is 1. The van der Waals surface area contributed by atoms with Gasteiger partial charge in [0.25, 0.3) is 0 Å². The Morgan fingerprint density at radius 3 is 2.67 bits per heavy atom. The van der Waals surface area contributed by atoms with E-state index in [1.807, 2.05) is 25.1 Å². The van der Waals surface area contributed by atoms with Crippen molar-refractivity contribution < 1.29 is 19.0 Å². The van der Waals surface area contributed by atoms with Gasteiger partial charge in [-0.1, -0.05) is 30.3 Å². The average Bonchev–Trinajstić information content (AvgIpc) is 3.05. The molecule has 1 aromatic carbocycles. The molecule has 2 aliphatic rings. The summed E-state index contributed by atoms with van der Waals surface area (Å²) >= 11 is 0. The van der Waals surface area contributed by atoms with Crippen molar-refractivity contribution in [2.45, 2.75) is 44.9 Å². The van der Waals surface area contributed by atoms with Crippen molar-refractivity contribution in [2.75, 3.05) is 19.8 Å². The van der Waals surface area contributed by atoms with Gasteiger partial charge in [-0.05, 0) is 25.8 Å². The number of hydrogen-bond acceptors (Lipinski definition) is 5. The molecule has 1 atom stereocenters. The van der Waals surface area contributed by atoms with Crippen LogP contribution in [0.15, 0.2) is 41.6 Å². The Morgan fingerprint density at radius 2 is 2.00 bits per heavy atom. The van der Waals surface area contributed by atoms with Gasteiger partial charge in [-0.15, -0.1) is 0 Å². The Bertz CT molecular complexity index is 605.